The van der Waals surface area contributed by atoms with E-state index in [-0.39, 0.29) is 6.54 Å². The average Bonchev–Trinajstić information content (AvgIpc) is 2.47. The highest BCUT2D eigenvalue weighted by atomic mass is 16.4. The molecule has 0 rings (SSSR count). The van der Waals surface area contributed by atoms with E-state index in [4.69, 9.17) is 37.6 Å². The predicted octanol–water partition coefficient (Wildman–Crippen LogP) is -2.57. The Kier molecular flexibility index (Phi) is 18.9. The van der Waals surface area contributed by atoms with Crippen molar-refractivity contribution in [1.82, 2.24) is 0 Å². The molecule has 0 unspecified atom stereocenters. The number of carboxylic acid groups (broad SMARTS) is 4. The minimum absolute atomic E-state index is 0.278. The van der Waals surface area contributed by atoms with Gasteiger partial charge < -0.3 is 43.4 Å². The summed E-state index contributed by atoms with van der Waals surface area (Å²) in [4.78, 5) is 39.0. The predicted molar refractivity (Wildman–Crippen MR) is 83.1 cm³/mol. The molecule has 2 atom stereocenters. The SMILES string of the molecule is NCC(=O)O.NCCCC[C@H](N)C(=O)O.N[C@@H](CC(=O)O)C(=O)O. The van der Waals surface area contributed by atoms with E-state index in [1.54, 1.807) is 0 Å². The maximum Gasteiger partial charge on any atom is 0.321 e. The summed E-state index contributed by atoms with van der Waals surface area (Å²) in [6.07, 6.45) is 1.63. The fourth-order valence-corrected chi connectivity index (χ4v) is 0.908. The van der Waals surface area contributed by atoms with Gasteiger partial charge in [0.05, 0.1) is 13.0 Å². The zero-order valence-corrected chi connectivity index (χ0v) is 13.1. The number of unbranched alkanes of at least 4 members (excludes halogenated alkanes) is 1. The first kappa shape index (κ1) is 26.6. The molecule has 12 N–H and O–H groups in total. The first-order valence-electron chi connectivity index (χ1n) is 6.80. The smallest absolute Gasteiger partial charge is 0.321 e. The molecule has 142 valence electrons. The standard InChI is InChI=1S/C6H14N2O2.C4H7NO4.C2H5NO2/c7-4-2-1-3-5(8)6(9)10;5-2(4(8)9)1-3(6)7;3-1-2(4)5/h5H,1-4,7-8H2,(H,9,10);2H,1,5H2,(H,6,7)(H,8,9);1,3H2,(H,4,5)/t5-;2-;/m00./s1. The summed E-state index contributed by atoms with van der Waals surface area (Å²) < 4.78 is 0. The molecule has 0 aromatic carbocycles. The molecule has 0 radical (unpaired) electrons. The minimum atomic E-state index is -1.29. The van der Waals surface area contributed by atoms with Crippen LogP contribution in [0.15, 0.2) is 0 Å². The Morgan fingerprint density at radius 2 is 1.17 bits per heavy atom. The van der Waals surface area contributed by atoms with E-state index in [0.29, 0.717) is 13.0 Å². The number of carboxylic acids is 4. The van der Waals surface area contributed by atoms with Gasteiger partial charge in [0.2, 0.25) is 0 Å². The van der Waals surface area contributed by atoms with Gasteiger partial charge in [0, 0.05) is 0 Å². The van der Waals surface area contributed by atoms with E-state index >= 15 is 0 Å². The number of hydrogen-bond donors (Lipinski definition) is 8. The van der Waals surface area contributed by atoms with Crippen LogP contribution in [0.4, 0.5) is 0 Å². The molecule has 0 bridgehead atoms. The van der Waals surface area contributed by atoms with Crippen LogP contribution in [0.2, 0.25) is 0 Å². The Labute approximate surface area is 138 Å². The Morgan fingerprint density at radius 1 is 0.750 bits per heavy atom. The molecular weight excluding hydrogens is 328 g/mol. The van der Waals surface area contributed by atoms with Crippen LogP contribution in [-0.4, -0.2) is 69.5 Å². The molecule has 24 heavy (non-hydrogen) atoms. The summed E-state index contributed by atoms with van der Waals surface area (Å²) in [5.41, 5.74) is 19.8. The van der Waals surface area contributed by atoms with Gasteiger partial charge in [0.1, 0.15) is 12.1 Å². The van der Waals surface area contributed by atoms with Crippen LogP contribution >= 0.6 is 0 Å². The molecule has 0 aliphatic heterocycles. The van der Waals surface area contributed by atoms with Gasteiger partial charge in [-0.3, -0.25) is 19.2 Å². The van der Waals surface area contributed by atoms with Gasteiger partial charge in [-0.2, -0.15) is 0 Å². The normalized spacial score (nSPS) is 11.7. The fourth-order valence-electron chi connectivity index (χ4n) is 0.908. The molecule has 12 heteroatoms. The summed E-state index contributed by atoms with van der Waals surface area (Å²) in [5, 5.41) is 32.0. The second kappa shape index (κ2) is 17.1. The van der Waals surface area contributed by atoms with Gasteiger partial charge in [-0.05, 0) is 19.4 Å². The maximum absolute atomic E-state index is 10.1. The van der Waals surface area contributed by atoms with Gasteiger partial charge in [-0.25, -0.2) is 0 Å². The van der Waals surface area contributed by atoms with Gasteiger partial charge >= 0.3 is 23.9 Å². The number of rotatable bonds is 9. The molecule has 0 saturated heterocycles. The van der Waals surface area contributed by atoms with E-state index in [2.05, 4.69) is 5.73 Å². The van der Waals surface area contributed by atoms with Crippen LogP contribution in [0.5, 0.6) is 0 Å². The monoisotopic (exact) mass is 354 g/mol. The van der Waals surface area contributed by atoms with E-state index in [0.717, 1.165) is 12.8 Å². The van der Waals surface area contributed by atoms with Crippen molar-refractivity contribution in [2.75, 3.05) is 13.1 Å². The average molecular weight is 354 g/mol. The molecular formula is C12H26N4O8. The molecule has 0 saturated carbocycles. The molecule has 0 amide bonds. The third-order valence-electron chi connectivity index (χ3n) is 2.17. The Bertz CT molecular complexity index is 391. The van der Waals surface area contributed by atoms with Gasteiger partial charge in [0.25, 0.3) is 0 Å². The van der Waals surface area contributed by atoms with Crippen LogP contribution in [-0.2, 0) is 19.2 Å². The quantitative estimate of drug-likeness (QED) is 0.199. The van der Waals surface area contributed by atoms with Crippen molar-refractivity contribution < 1.29 is 39.6 Å². The number of aliphatic carboxylic acids is 4. The molecule has 0 aliphatic rings. The van der Waals surface area contributed by atoms with Crippen molar-refractivity contribution in [3.8, 4) is 0 Å². The molecule has 0 heterocycles. The van der Waals surface area contributed by atoms with E-state index in [1.807, 2.05) is 0 Å². The highest BCUT2D eigenvalue weighted by Crippen LogP contribution is 1.96. The van der Waals surface area contributed by atoms with E-state index in [1.165, 1.54) is 0 Å². The third kappa shape index (κ3) is 24.7. The van der Waals surface area contributed by atoms with Crippen LogP contribution < -0.4 is 22.9 Å². The molecule has 0 aliphatic carbocycles. The Balaban J connectivity index is -0.000000291. The lowest BCUT2D eigenvalue weighted by molar-refractivity contribution is -0.144. The van der Waals surface area contributed by atoms with Gasteiger partial charge in [-0.15, -0.1) is 0 Å². The van der Waals surface area contributed by atoms with Crippen LogP contribution in [0.3, 0.4) is 0 Å². The molecule has 12 nitrogen and oxygen atoms in total. The van der Waals surface area contributed by atoms with Gasteiger partial charge in [-0.1, -0.05) is 6.42 Å². The summed E-state index contributed by atoms with van der Waals surface area (Å²) in [6, 6.07) is -2.01. The van der Waals surface area contributed by atoms with Crippen molar-refractivity contribution in [2.45, 2.75) is 37.8 Å². The van der Waals surface area contributed by atoms with Crippen LogP contribution in [0.1, 0.15) is 25.7 Å². The lowest BCUT2D eigenvalue weighted by Gasteiger charge is -2.03. The number of hydrogen-bond acceptors (Lipinski definition) is 8. The first-order valence-corrected chi connectivity index (χ1v) is 6.80. The van der Waals surface area contributed by atoms with Crippen molar-refractivity contribution in [1.29, 1.82) is 0 Å². The highest BCUT2D eigenvalue weighted by molar-refractivity contribution is 5.80. The summed E-state index contributed by atoms with van der Waals surface area (Å²) in [5.74, 6) is -4.40. The summed E-state index contributed by atoms with van der Waals surface area (Å²) in [6.45, 7) is 0.326. The number of carbonyl (C=O) groups is 4. The fraction of sp³-hybridized carbons (Fsp3) is 0.667. The molecule has 0 spiro atoms. The topological polar surface area (TPSA) is 253 Å². The summed E-state index contributed by atoms with van der Waals surface area (Å²) >= 11 is 0. The van der Waals surface area contributed by atoms with Crippen molar-refractivity contribution in [3.05, 3.63) is 0 Å². The summed E-state index contributed by atoms with van der Waals surface area (Å²) in [7, 11) is 0. The Hall–Kier alpha value is -2.28. The Morgan fingerprint density at radius 3 is 1.38 bits per heavy atom. The largest absolute Gasteiger partial charge is 0.481 e. The maximum atomic E-state index is 10.1. The number of nitrogens with two attached hydrogens (primary N) is 4. The van der Waals surface area contributed by atoms with Crippen LogP contribution in [0.25, 0.3) is 0 Å². The molecule has 0 fully saturated rings. The zero-order chi connectivity index (χ0) is 19.7. The second-order valence-corrected chi connectivity index (χ2v) is 4.37. The van der Waals surface area contributed by atoms with E-state index in [9.17, 15) is 19.2 Å². The van der Waals surface area contributed by atoms with E-state index < -0.39 is 42.4 Å². The molecule has 0 aromatic rings. The first-order chi connectivity index (χ1) is 11.0. The minimum Gasteiger partial charge on any atom is -0.481 e. The van der Waals surface area contributed by atoms with Crippen molar-refractivity contribution >= 4 is 23.9 Å². The lowest BCUT2D eigenvalue weighted by atomic mass is 10.1. The van der Waals surface area contributed by atoms with Crippen molar-refractivity contribution in [2.24, 2.45) is 22.9 Å². The van der Waals surface area contributed by atoms with Crippen LogP contribution in [0, 0.1) is 0 Å². The molecule has 0 aromatic heterocycles. The van der Waals surface area contributed by atoms with Gasteiger partial charge in [0.15, 0.2) is 0 Å². The second-order valence-electron chi connectivity index (χ2n) is 4.37. The lowest BCUT2D eigenvalue weighted by Crippen LogP contribution is -2.32. The zero-order valence-electron chi connectivity index (χ0n) is 13.1. The highest BCUT2D eigenvalue weighted by Gasteiger charge is 2.14. The third-order valence-corrected chi connectivity index (χ3v) is 2.17. The van der Waals surface area contributed by atoms with Crippen molar-refractivity contribution in [3.63, 3.8) is 0 Å².